The molecule has 0 atom stereocenters. The number of nitrogens with one attached hydrogen (secondary N) is 2. The topological polar surface area (TPSA) is 65.9 Å². The molecular formula is C18H29N3O2. The number of methoxy groups -OCH3 is 1. The first-order valence-electron chi connectivity index (χ1n) is 8.51. The maximum atomic E-state index is 10.1. The minimum Gasteiger partial charge on any atom is -0.504 e. The fourth-order valence-corrected chi connectivity index (χ4v) is 2.97. The third-order valence-corrected chi connectivity index (χ3v) is 4.85. The molecular weight excluding hydrogens is 290 g/mol. The normalized spacial score (nSPS) is 16.6. The van der Waals surface area contributed by atoms with Crippen molar-refractivity contribution in [2.75, 3.05) is 20.2 Å². The van der Waals surface area contributed by atoms with Gasteiger partial charge in [0, 0.05) is 18.7 Å². The van der Waals surface area contributed by atoms with E-state index in [9.17, 15) is 5.11 Å². The van der Waals surface area contributed by atoms with Gasteiger partial charge < -0.3 is 20.5 Å². The van der Waals surface area contributed by atoms with Gasteiger partial charge in [0.15, 0.2) is 17.5 Å². The Hall–Kier alpha value is -1.91. The van der Waals surface area contributed by atoms with Gasteiger partial charge in [0.25, 0.3) is 0 Å². The average Bonchev–Trinajstić information content (AvgIpc) is 2.53. The first-order chi connectivity index (χ1) is 11.1. The van der Waals surface area contributed by atoms with Gasteiger partial charge in [-0.1, -0.05) is 25.5 Å². The number of phenols is 1. The second-order valence-electron chi connectivity index (χ2n) is 6.22. The summed E-state index contributed by atoms with van der Waals surface area (Å²) in [5.41, 5.74) is 1.20. The molecule has 0 bridgehead atoms. The number of phenolic OH excluding ortho intramolecular Hbond substituents is 1. The van der Waals surface area contributed by atoms with Crippen LogP contribution in [0, 0.1) is 5.41 Å². The lowest BCUT2D eigenvalue weighted by Gasteiger charge is -2.41. The minimum atomic E-state index is 0.165. The summed E-state index contributed by atoms with van der Waals surface area (Å²) < 4.78 is 5.14. The number of aliphatic imine (C=N–C) groups is 1. The standard InChI is InChI=1S/C18H29N3O2/c1-4-18(10-7-11-18)13-21-17(19-5-2)20-12-14-8-6-9-15(23-3)16(14)22/h6,8-9,22H,4-5,7,10-13H2,1-3H3,(H2,19,20,21). The highest BCUT2D eigenvalue weighted by Gasteiger charge is 2.34. The molecule has 0 unspecified atom stereocenters. The second kappa shape index (κ2) is 8.09. The number of hydrogen-bond donors (Lipinski definition) is 3. The van der Waals surface area contributed by atoms with Crippen LogP contribution in [0.15, 0.2) is 23.2 Å². The largest absolute Gasteiger partial charge is 0.504 e. The lowest BCUT2D eigenvalue weighted by atomic mass is 9.67. The van der Waals surface area contributed by atoms with Crippen LogP contribution in [0.5, 0.6) is 11.5 Å². The highest BCUT2D eigenvalue weighted by atomic mass is 16.5. The molecule has 2 rings (SSSR count). The number of guanidine groups is 1. The Balaban J connectivity index is 2.01. The molecule has 1 fully saturated rings. The van der Waals surface area contributed by atoms with Crippen LogP contribution in [0.1, 0.15) is 45.1 Å². The van der Waals surface area contributed by atoms with Gasteiger partial charge in [0.1, 0.15) is 0 Å². The predicted molar refractivity (Wildman–Crippen MR) is 94.1 cm³/mol. The van der Waals surface area contributed by atoms with Gasteiger partial charge >= 0.3 is 0 Å². The Bertz CT molecular complexity index is 534. The Morgan fingerprint density at radius 3 is 2.65 bits per heavy atom. The summed E-state index contributed by atoms with van der Waals surface area (Å²) >= 11 is 0. The molecule has 1 saturated carbocycles. The van der Waals surface area contributed by atoms with Gasteiger partial charge in [0.2, 0.25) is 0 Å². The van der Waals surface area contributed by atoms with E-state index in [1.807, 2.05) is 12.1 Å². The van der Waals surface area contributed by atoms with Gasteiger partial charge in [-0.05, 0) is 37.7 Å². The molecule has 23 heavy (non-hydrogen) atoms. The van der Waals surface area contributed by atoms with Crippen molar-refractivity contribution in [1.82, 2.24) is 10.6 Å². The molecule has 0 aliphatic heterocycles. The van der Waals surface area contributed by atoms with Crippen LogP contribution in [-0.4, -0.2) is 31.3 Å². The molecule has 128 valence electrons. The number of benzene rings is 1. The average molecular weight is 319 g/mol. The fourth-order valence-electron chi connectivity index (χ4n) is 2.97. The Morgan fingerprint density at radius 2 is 2.09 bits per heavy atom. The molecule has 0 heterocycles. The molecule has 5 heteroatoms. The van der Waals surface area contributed by atoms with E-state index in [-0.39, 0.29) is 5.75 Å². The maximum absolute atomic E-state index is 10.1. The molecule has 0 saturated heterocycles. The van der Waals surface area contributed by atoms with Crippen LogP contribution in [0.3, 0.4) is 0 Å². The first kappa shape index (κ1) is 17.4. The van der Waals surface area contributed by atoms with Crippen molar-refractivity contribution in [3.8, 4) is 11.5 Å². The van der Waals surface area contributed by atoms with E-state index in [1.165, 1.54) is 25.7 Å². The molecule has 0 amide bonds. The fraction of sp³-hybridized carbons (Fsp3) is 0.611. The summed E-state index contributed by atoms with van der Waals surface area (Å²) in [6.45, 7) is 6.50. The van der Waals surface area contributed by atoms with Crippen LogP contribution in [-0.2, 0) is 6.54 Å². The molecule has 3 N–H and O–H groups in total. The van der Waals surface area contributed by atoms with Crippen molar-refractivity contribution in [2.24, 2.45) is 10.4 Å². The molecule has 0 radical (unpaired) electrons. The van der Waals surface area contributed by atoms with Crippen LogP contribution >= 0.6 is 0 Å². The SMILES string of the molecule is CCNC(=NCc1cccc(OC)c1O)NCC1(CC)CCC1. The highest BCUT2D eigenvalue weighted by Crippen LogP contribution is 2.43. The van der Waals surface area contributed by atoms with Gasteiger partial charge in [-0.15, -0.1) is 0 Å². The second-order valence-corrected chi connectivity index (χ2v) is 6.22. The zero-order valence-electron chi connectivity index (χ0n) is 14.5. The van der Waals surface area contributed by atoms with E-state index in [2.05, 4.69) is 29.5 Å². The zero-order chi connectivity index (χ0) is 16.7. The van der Waals surface area contributed by atoms with E-state index in [0.717, 1.165) is 24.6 Å². The summed E-state index contributed by atoms with van der Waals surface area (Å²) in [6.07, 6.45) is 5.14. The molecule has 0 spiro atoms. The summed E-state index contributed by atoms with van der Waals surface area (Å²) in [5, 5.41) is 16.9. The van der Waals surface area contributed by atoms with E-state index in [0.29, 0.717) is 17.7 Å². The van der Waals surface area contributed by atoms with Crippen molar-refractivity contribution in [2.45, 2.75) is 46.1 Å². The third-order valence-electron chi connectivity index (χ3n) is 4.85. The zero-order valence-corrected chi connectivity index (χ0v) is 14.5. The Labute approximate surface area is 139 Å². The minimum absolute atomic E-state index is 0.165. The van der Waals surface area contributed by atoms with Crippen LogP contribution in [0.2, 0.25) is 0 Å². The third kappa shape index (κ3) is 4.30. The first-order valence-corrected chi connectivity index (χ1v) is 8.51. The monoisotopic (exact) mass is 319 g/mol. The van der Waals surface area contributed by atoms with Crippen molar-refractivity contribution >= 4 is 5.96 Å². The maximum Gasteiger partial charge on any atom is 0.191 e. The smallest absolute Gasteiger partial charge is 0.191 e. The number of ether oxygens (including phenoxy) is 1. The van der Waals surface area contributed by atoms with E-state index >= 15 is 0 Å². The molecule has 1 aliphatic carbocycles. The van der Waals surface area contributed by atoms with Crippen LogP contribution in [0.4, 0.5) is 0 Å². The molecule has 1 aromatic carbocycles. The Morgan fingerprint density at radius 1 is 1.30 bits per heavy atom. The molecule has 1 aliphatic rings. The van der Waals surface area contributed by atoms with E-state index in [4.69, 9.17) is 4.74 Å². The number of para-hydroxylation sites is 1. The quantitative estimate of drug-likeness (QED) is 0.534. The summed E-state index contributed by atoms with van der Waals surface area (Å²) in [6, 6.07) is 5.47. The lowest BCUT2D eigenvalue weighted by Crippen LogP contribution is -2.46. The van der Waals surface area contributed by atoms with Crippen molar-refractivity contribution in [3.63, 3.8) is 0 Å². The molecule has 0 aromatic heterocycles. The highest BCUT2D eigenvalue weighted by molar-refractivity contribution is 5.79. The summed E-state index contributed by atoms with van der Waals surface area (Å²) in [7, 11) is 1.55. The molecule has 5 nitrogen and oxygen atoms in total. The Kier molecular flexibility index (Phi) is 6.13. The lowest BCUT2D eigenvalue weighted by molar-refractivity contribution is 0.131. The number of aromatic hydroxyl groups is 1. The van der Waals surface area contributed by atoms with Gasteiger partial charge in [-0.2, -0.15) is 0 Å². The van der Waals surface area contributed by atoms with Gasteiger partial charge in [0.05, 0.1) is 13.7 Å². The van der Waals surface area contributed by atoms with Gasteiger partial charge in [-0.3, -0.25) is 0 Å². The summed E-state index contributed by atoms with van der Waals surface area (Å²) in [4.78, 5) is 4.59. The van der Waals surface area contributed by atoms with Crippen molar-refractivity contribution < 1.29 is 9.84 Å². The van der Waals surface area contributed by atoms with Gasteiger partial charge in [-0.25, -0.2) is 4.99 Å². The van der Waals surface area contributed by atoms with Crippen LogP contribution in [0.25, 0.3) is 0 Å². The number of nitrogens with zero attached hydrogens (tertiary/aromatic N) is 1. The predicted octanol–water partition coefficient (Wildman–Crippen LogP) is 3.04. The van der Waals surface area contributed by atoms with Crippen molar-refractivity contribution in [1.29, 1.82) is 0 Å². The summed E-state index contributed by atoms with van der Waals surface area (Å²) in [5.74, 6) is 1.45. The van der Waals surface area contributed by atoms with E-state index in [1.54, 1.807) is 13.2 Å². The number of hydrogen-bond acceptors (Lipinski definition) is 3. The van der Waals surface area contributed by atoms with Crippen molar-refractivity contribution in [3.05, 3.63) is 23.8 Å². The van der Waals surface area contributed by atoms with Crippen LogP contribution < -0.4 is 15.4 Å². The van der Waals surface area contributed by atoms with E-state index < -0.39 is 0 Å². The number of rotatable bonds is 7. The molecule has 1 aromatic rings.